The molecule has 0 aliphatic carbocycles. The summed E-state index contributed by atoms with van der Waals surface area (Å²) in [6.45, 7) is 5.89. The normalized spacial score (nSPS) is 14.6. The van der Waals surface area contributed by atoms with Crippen LogP contribution in [0.3, 0.4) is 0 Å². The third-order valence-electron chi connectivity index (χ3n) is 5.28. The van der Waals surface area contributed by atoms with Gasteiger partial charge < -0.3 is 9.15 Å². The van der Waals surface area contributed by atoms with Crippen molar-refractivity contribution in [2.24, 2.45) is 5.10 Å². The number of amides is 1. The van der Waals surface area contributed by atoms with Gasteiger partial charge in [0, 0.05) is 10.6 Å². The van der Waals surface area contributed by atoms with E-state index < -0.39 is 5.97 Å². The summed E-state index contributed by atoms with van der Waals surface area (Å²) in [5.74, 6) is 0.238. The number of nitrogens with zero attached hydrogens (tertiary/aromatic N) is 2. The summed E-state index contributed by atoms with van der Waals surface area (Å²) in [5, 5.41) is 6.57. The lowest BCUT2D eigenvalue weighted by Gasteiger charge is -2.12. The Morgan fingerprint density at radius 2 is 1.88 bits per heavy atom. The molecule has 0 spiro atoms. The van der Waals surface area contributed by atoms with Gasteiger partial charge in [0.1, 0.15) is 11.5 Å². The summed E-state index contributed by atoms with van der Waals surface area (Å²) in [7, 11) is 0. The smallest absolute Gasteiger partial charge is 0.339 e. The van der Waals surface area contributed by atoms with Gasteiger partial charge in [0.25, 0.3) is 5.91 Å². The number of carbonyl (C=O) groups is 2. The number of ether oxygens (including phenoxy) is 1. The lowest BCUT2D eigenvalue weighted by Crippen LogP contribution is -2.21. The second-order valence-electron chi connectivity index (χ2n) is 7.83. The maximum atomic E-state index is 13.0. The predicted molar refractivity (Wildman–Crippen MR) is 134 cm³/mol. The van der Waals surface area contributed by atoms with Crippen LogP contribution in [-0.2, 0) is 9.53 Å². The van der Waals surface area contributed by atoms with Crippen LogP contribution in [0, 0.1) is 6.92 Å². The molecule has 174 valence electrons. The summed E-state index contributed by atoms with van der Waals surface area (Å²) < 4.78 is 11.1. The minimum atomic E-state index is -0.484. The fourth-order valence-electron chi connectivity index (χ4n) is 3.41. The number of hydrazone groups is 1. The Balaban J connectivity index is 1.59. The molecule has 0 N–H and O–H groups in total. The first-order valence-corrected chi connectivity index (χ1v) is 11.5. The number of hydrogen-bond acceptors (Lipinski definition) is 5. The van der Waals surface area contributed by atoms with Gasteiger partial charge >= 0.3 is 5.97 Å². The lowest BCUT2D eigenvalue weighted by molar-refractivity contribution is -0.114. The molecule has 0 bridgehead atoms. The molecule has 2 aromatic carbocycles. The molecule has 1 aliphatic heterocycles. The van der Waals surface area contributed by atoms with Gasteiger partial charge in [0.15, 0.2) is 0 Å². The maximum absolute atomic E-state index is 13.0. The van der Waals surface area contributed by atoms with E-state index in [1.165, 1.54) is 5.01 Å². The van der Waals surface area contributed by atoms with Crippen molar-refractivity contribution in [3.8, 4) is 11.3 Å². The molecule has 4 rings (SSSR count). The highest BCUT2D eigenvalue weighted by molar-refractivity contribution is 6.34. The topological polar surface area (TPSA) is 72.1 Å². The molecule has 1 aliphatic rings. The van der Waals surface area contributed by atoms with E-state index in [0.29, 0.717) is 50.7 Å². The molecule has 1 amide bonds. The first-order chi connectivity index (χ1) is 16.3. The highest BCUT2D eigenvalue weighted by Gasteiger charge is 2.29. The van der Waals surface area contributed by atoms with E-state index in [1.54, 1.807) is 55.5 Å². The van der Waals surface area contributed by atoms with Crippen LogP contribution in [0.25, 0.3) is 17.4 Å². The summed E-state index contributed by atoms with van der Waals surface area (Å²) >= 11 is 12.4. The van der Waals surface area contributed by atoms with Crippen LogP contribution in [0.1, 0.15) is 41.9 Å². The lowest BCUT2D eigenvalue weighted by atomic mass is 10.1. The van der Waals surface area contributed by atoms with Gasteiger partial charge in [-0.3, -0.25) is 4.79 Å². The maximum Gasteiger partial charge on any atom is 0.339 e. The Bertz CT molecular complexity index is 1340. The molecule has 0 atom stereocenters. The van der Waals surface area contributed by atoms with Crippen molar-refractivity contribution in [3.05, 3.63) is 81.0 Å². The zero-order valence-corrected chi connectivity index (χ0v) is 20.4. The Labute approximate surface area is 207 Å². The molecule has 0 unspecified atom stereocenters. The van der Waals surface area contributed by atoms with Gasteiger partial charge in [-0.05, 0) is 74.4 Å². The zero-order chi connectivity index (χ0) is 24.4. The van der Waals surface area contributed by atoms with Gasteiger partial charge in [-0.25, -0.2) is 4.79 Å². The molecule has 2 heterocycles. The second-order valence-corrected chi connectivity index (χ2v) is 8.64. The standard InChI is InChI=1S/C26H22Cl2N2O4/c1-4-11-33-26(32)21-12-17(6-9-22(21)27)24-10-8-19(34-24)14-20-16(3)29-30(25(20)31)18-7-5-15(2)23(28)13-18/h5-10,12-14H,4,11H2,1-3H3/b20-14+. The molecular formula is C26H22Cl2N2O4. The average Bonchev–Trinajstić information content (AvgIpc) is 3.40. The molecular weight excluding hydrogens is 475 g/mol. The average molecular weight is 497 g/mol. The van der Waals surface area contributed by atoms with E-state index in [1.807, 2.05) is 19.9 Å². The van der Waals surface area contributed by atoms with E-state index in [2.05, 4.69) is 5.10 Å². The molecule has 0 fully saturated rings. The second kappa shape index (κ2) is 9.87. The van der Waals surface area contributed by atoms with Crippen molar-refractivity contribution in [3.63, 3.8) is 0 Å². The molecule has 0 radical (unpaired) electrons. The fourth-order valence-corrected chi connectivity index (χ4v) is 3.78. The fraction of sp³-hybridized carbons (Fsp3) is 0.192. The molecule has 0 saturated carbocycles. The predicted octanol–water partition coefficient (Wildman–Crippen LogP) is 6.93. The van der Waals surface area contributed by atoms with Gasteiger partial charge in [-0.1, -0.05) is 36.2 Å². The Morgan fingerprint density at radius 1 is 1.09 bits per heavy atom. The van der Waals surface area contributed by atoms with Gasteiger partial charge in [-0.2, -0.15) is 10.1 Å². The number of benzene rings is 2. The van der Waals surface area contributed by atoms with E-state index in [0.717, 1.165) is 12.0 Å². The molecule has 3 aromatic rings. The number of halogens is 2. The summed E-state index contributed by atoms with van der Waals surface area (Å²) in [6.07, 6.45) is 2.36. The van der Waals surface area contributed by atoms with Crippen LogP contribution in [0.15, 0.2) is 63.6 Å². The minimum Gasteiger partial charge on any atom is -0.462 e. The number of hydrogen-bond donors (Lipinski definition) is 0. The quantitative estimate of drug-likeness (QED) is 0.273. The Hall–Kier alpha value is -3.35. The van der Waals surface area contributed by atoms with Crippen LogP contribution < -0.4 is 5.01 Å². The van der Waals surface area contributed by atoms with Crippen molar-refractivity contribution in [2.45, 2.75) is 27.2 Å². The van der Waals surface area contributed by atoms with Gasteiger partial charge in [-0.15, -0.1) is 0 Å². The Morgan fingerprint density at radius 3 is 2.62 bits per heavy atom. The molecule has 8 heteroatoms. The van der Waals surface area contributed by atoms with Crippen LogP contribution in [0.2, 0.25) is 10.0 Å². The largest absolute Gasteiger partial charge is 0.462 e. The number of anilines is 1. The number of furan rings is 1. The summed E-state index contributed by atoms with van der Waals surface area (Å²) in [5.41, 5.74) is 3.42. The molecule has 6 nitrogen and oxygen atoms in total. The first-order valence-electron chi connectivity index (χ1n) is 10.7. The summed E-state index contributed by atoms with van der Waals surface area (Å²) in [6, 6.07) is 13.9. The minimum absolute atomic E-state index is 0.269. The van der Waals surface area contributed by atoms with E-state index in [4.69, 9.17) is 32.4 Å². The van der Waals surface area contributed by atoms with Crippen molar-refractivity contribution < 1.29 is 18.7 Å². The molecule has 0 saturated heterocycles. The first kappa shape index (κ1) is 23.8. The highest BCUT2D eigenvalue weighted by Crippen LogP contribution is 2.31. The van der Waals surface area contributed by atoms with Crippen LogP contribution in [0.5, 0.6) is 0 Å². The zero-order valence-electron chi connectivity index (χ0n) is 18.9. The third kappa shape index (κ3) is 4.79. The van der Waals surface area contributed by atoms with Crippen molar-refractivity contribution in [2.75, 3.05) is 11.6 Å². The third-order valence-corrected chi connectivity index (χ3v) is 6.02. The van der Waals surface area contributed by atoms with E-state index >= 15 is 0 Å². The number of esters is 1. The number of rotatable bonds is 6. The monoisotopic (exact) mass is 496 g/mol. The van der Waals surface area contributed by atoms with Crippen LogP contribution >= 0.6 is 23.2 Å². The van der Waals surface area contributed by atoms with E-state index in [-0.39, 0.29) is 11.5 Å². The molecule has 34 heavy (non-hydrogen) atoms. The Kier molecular flexibility index (Phi) is 6.91. The SMILES string of the molecule is CCCOC(=O)c1cc(-c2ccc(/C=C3/C(=O)N(c4ccc(C)c(Cl)c4)N=C3C)o2)ccc1Cl. The van der Waals surface area contributed by atoms with Crippen molar-refractivity contribution in [1.29, 1.82) is 0 Å². The van der Waals surface area contributed by atoms with Crippen molar-refractivity contribution in [1.82, 2.24) is 0 Å². The van der Waals surface area contributed by atoms with Gasteiger partial charge in [0.2, 0.25) is 0 Å². The molecule has 1 aromatic heterocycles. The van der Waals surface area contributed by atoms with Crippen molar-refractivity contribution >= 4 is 52.6 Å². The number of aryl methyl sites for hydroxylation is 1. The van der Waals surface area contributed by atoms with Crippen LogP contribution in [-0.4, -0.2) is 24.2 Å². The van der Waals surface area contributed by atoms with Gasteiger partial charge in [0.05, 0.1) is 34.2 Å². The van der Waals surface area contributed by atoms with E-state index in [9.17, 15) is 9.59 Å². The highest BCUT2D eigenvalue weighted by atomic mass is 35.5. The van der Waals surface area contributed by atoms with Crippen LogP contribution in [0.4, 0.5) is 5.69 Å². The summed E-state index contributed by atoms with van der Waals surface area (Å²) in [4.78, 5) is 25.3. The number of carbonyl (C=O) groups excluding carboxylic acids is 2.